The molecule has 0 aromatic carbocycles. The topological polar surface area (TPSA) is 36.9 Å². The summed E-state index contributed by atoms with van der Waals surface area (Å²) < 4.78 is 5.76. The monoisotopic (exact) mass is 321 g/mol. The fourth-order valence-electron chi connectivity index (χ4n) is 4.96. The summed E-state index contributed by atoms with van der Waals surface area (Å²) in [5.41, 5.74) is 0. The Morgan fingerprint density at radius 1 is 1.13 bits per heavy atom. The summed E-state index contributed by atoms with van der Waals surface area (Å²) in [5, 5.41) is 3.49. The minimum Gasteiger partial charge on any atom is -0.378 e. The zero-order valence-electron chi connectivity index (χ0n) is 15.1. The number of hydrogen-bond donors (Lipinski definition) is 1. The maximum absolute atomic E-state index is 5.76. The van der Waals surface area contributed by atoms with Crippen LogP contribution in [0, 0.1) is 17.8 Å². The third kappa shape index (κ3) is 4.40. The van der Waals surface area contributed by atoms with Gasteiger partial charge in [-0.25, -0.2) is 0 Å². The van der Waals surface area contributed by atoms with Crippen molar-refractivity contribution in [2.24, 2.45) is 22.7 Å². The summed E-state index contributed by atoms with van der Waals surface area (Å²) in [6, 6.07) is 0. The Hall–Kier alpha value is -0.770. The average molecular weight is 322 g/mol. The van der Waals surface area contributed by atoms with E-state index in [4.69, 9.17) is 9.73 Å². The normalized spacial score (nSPS) is 31.8. The highest BCUT2D eigenvalue weighted by Crippen LogP contribution is 2.49. The Kier molecular flexibility index (Phi) is 6.21. The van der Waals surface area contributed by atoms with Crippen molar-refractivity contribution in [3.63, 3.8) is 0 Å². The minimum atomic E-state index is 0.452. The first-order chi connectivity index (χ1) is 11.3. The highest BCUT2D eigenvalue weighted by atomic mass is 16.5. The summed E-state index contributed by atoms with van der Waals surface area (Å²) in [4.78, 5) is 7.38. The van der Waals surface area contributed by atoms with Gasteiger partial charge in [0.1, 0.15) is 0 Å². The van der Waals surface area contributed by atoms with E-state index in [1.54, 1.807) is 0 Å². The third-order valence-electron chi connectivity index (χ3n) is 6.12. The molecule has 3 atom stereocenters. The number of nitrogens with one attached hydrogen (secondary N) is 1. The maximum atomic E-state index is 5.76. The Bertz CT molecular complexity index is 390. The Morgan fingerprint density at radius 2 is 1.96 bits per heavy atom. The van der Waals surface area contributed by atoms with Crippen molar-refractivity contribution >= 4 is 5.96 Å². The minimum absolute atomic E-state index is 0.452. The zero-order valence-corrected chi connectivity index (χ0v) is 15.1. The van der Waals surface area contributed by atoms with Gasteiger partial charge in [0.25, 0.3) is 0 Å². The van der Waals surface area contributed by atoms with E-state index < -0.39 is 0 Å². The molecule has 2 saturated carbocycles. The second kappa shape index (κ2) is 8.36. The predicted octanol–water partition coefficient (Wildman–Crippen LogP) is 3.28. The second-order valence-electron chi connectivity index (χ2n) is 7.60. The van der Waals surface area contributed by atoms with Gasteiger partial charge in [-0.2, -0.15) is 0 Å². The van der Waals surface area contributed by atoms with Crippen LogP contribution in [0.1, 0.15) is 58.8 Å². The van der Waals surface area contributed by atoms with Crippen LogP contribution in [-0.4, -0.2) is 49.7 Å². The van der Waals surface area contributed by atoms with Gasteiger partial charge in [-0.3, -0.25) is 4.99 Å². The van der Waals surface area contributed by atoms with Crippen LogP contribution < -0.4 is 5.32 Å². The van der Waals surface area contributed by atoms with Gasteiger partial charge in [-0.05, 0) is 70.1 Å². The fourth-order valence-corrected chi connectivity index (χ4v) is 4.96. The van der Waals surface area contributed by atoms with Gasteiger partial charge < -0.3 is 15.0 Å². The molecule has 2 aliphatic carbocycles. The van der Waals surface area contributed by atoms with Crippen LogP contribution >= 0.6 is 0 Å². The molecule has 1 aliphatic heterocycles. The van der Waals surface area contributed by atoms with Crippen molar-refractivity contribution in [1.82, 2.24) is 10.2 Å². The molecule has 1 heterocycles. The molecule has 3 aliphatic rings. The Labute approximate surface area is 142 Å². The number of ether oxygens (including phenoxy) is 1. The van der Waals surface area contributed by atoms with Gasteiger partial charge in [-0.1, -0.05) is 6.42 Å². The van der Waals surface area contributed by atoms with Gasteiger partial charge in [0.2, 0.25) is 0 Å². The van der Waals surface area contributed by atoms with Crippen LogP contribution in [-0.2, 0) is 4.74 Å². The number of hydrogen-bond acceptors (Lipinski definition) is 2. The molecule has 1 saturated heterocycles. The number of likely N-dealkylation sites (tertiary alicyclic amines) is 1. The molecule has 23 heavy (non-hydrogen) atoms. The van der Waals surface area contributed by atoms with E-state index >= 15 is 0 Å². The summed E-state index contributed by atoms with van der Waals surface area (Å²) in [6.07, 6.45) is 10.00. The lowest BCUT2D eigenvalue weighted by atomic mass is 9.86. The molecule has 3 unspecified atom stereocenters. The number of nitrogens with zero attached hydrogens (tertiary/aromatic N) is 2. The summed E-state index contributed by atoms with van der Waals surface area (Å²) in [7, 11) is 0. The standard InChI is InChI=1S/C19H35N3O/c1-3-20-19(22-11-8-18(9-12-22)23-4-2)21-10-7-17-14-15-5-6-16(17)13-15/h15-18H,3-14H2,1-2H3,(H,20,21). The summed E-state index contributed by atoms with van der Waals surface area (Å²) in [6.45, 7) is 9.20. The average Bonchev–Trinajstić information content (AvgIpc) is 3.18. The number of piperidine rings is 1. The summed E-state index contributed by atoms with van der Waals surface area (Å²) >= 11 is 0. The molecular weight excluding hydrogens is 286 g/mol. The molecular formula is C19H35N3O. The number of rotatable bonds is 6. The van der Waals surface area contributed by atoms with Crippen LogP contribution in [0.3, 0.4) is 0 Å². The van der Waals surface area contributed by atoms with E-state index in [9.17, 15) is 0 Å². The van der Waals surface area contributed by atoms with E-state index in [-0.39, 0.29) is 0 Å². The number of guanidine groups is 1. The Morgan fingerprint density at radius 3 is 2.57 bits per heavy atom. The Balaban J connectivity index is 1.46. The molecule has 4 nitrogen and oxygen atoms in total. The largest absolute Gasteiger partial charge is 0.378 e. The molecule has 3 rings (SSSR count). The van der Waals surface area contributed by atoms with Crippen molar-refractivity contribution in [2.75, 3.05) is 32.8 Å². The van der Waals surface area contributed by atoms with E-state index in [1.807, 2.05) is 0 Å². The van der Waals surface area contributed by atoms with Crippen molar-refractivity contribution in [3.05, 3.63) is 0 Å². The van der Waals surface area contributed by atoms with Crippen LogP contribution in [0.15, 0.2) is 4.99 Å². The van der Waals surface area contributed by atoms with Crippen LogP contribution in [0.2, 0.25) is 0 Å². The molecule has 3 fully saturated rings. The highest BCUT2D eigenvalue weighted by Gasteiger charge is 2.38. The van der Waals surface area contributed by atoms with Crippen molar-refractivity contribution in [2.45, 2.75) is 64.9 Å². The van der Waals surface area contributed by atoms with Gasteiger partial charge >= 0.3 is 0 Å². The molecule has 0 spiro atoms. The molecule has 0 radical (unpaired) electrons. The van der Waals surface area contributed by atoms with Crippen molar-refractivity contribution in [3.8, 4) is 0 Å². The van der Waals surface area contributed by atoms with Crippen LogP contribution in [0.25, 0.3) is 0 Å². The van der Waals surface area contributed by atoms with Gasteiger partial charge in [-0.15, -0.1) is 0 Å². The van der Waals surface area contributed by atoms with Crippen LogP contribution in [0.5, 0.6) is 0 Å². The third-order valence-corrected chi connectivity index (χ3v) is 6.12. The first kappa shape index (κ1) is 17.1. The van der Waals surface area contributed by atoms with E-state index in [0.717, 1.165) is 69.3 Å². The van der Waals surface area contributed by atoms with E-state index in [1.165, 1.54) is 32.1 Å². The smallest absolute Gasteiger partial charge is 0.193 e. The summed E-state index contributed by atoms with van der Waals surface area (Å²) in [5.74, 6) is 4.18. The maximum Gasteiger partial charge on any atom is 0.193 e. The lowest BCUT2D eigenvalue weighted by Gasteiger charge is -2.34. The SMILES string of the molecule is CCNC(=NCCC1CC2CCC1C2)N1CCC(OCC)CC1. The highest BCUT2D eigenvalue weighted by molar-refractivity contribution is 5.80. The first-order valence-corrected chi connectivity index (χ1v) is 9.95. The lowest BCUT2D eigenvalue weighted by Crippen LogP contribution is -2.47. The molecule has 0 amide bonds. The molecule has 0 aromatic rings. The van der Waals surface area contributed by atoms with Crippen molar-refractivity contribution in [1.29, 1.82) is 0 Å². The quantitative estimate of drug-likeness (QED) is 0.602. The zero-order chi connectivity index (χ0) is 16.1. The molecule has 1 N–H and O–H groups in total. The number of aliphatic imine (C=N–C) groups is 1. The molecule has 132 valence electrons. The molecule has 4 heteroatoms. The van der Waals surface area contributed by atoms with Gasteiger partial charge in [0.05, 0.1) is 6.10 Å². The second-order valence-corrected chi connectivity index (χ2v) is 7.60. The first-order valence-electron chi connectivity index (χ1n) is 9.95. The van der Waals surface area contributed by atoms with Crippen molar-refractivity contribution < 1.29 is 4.74 Å². The van der Waals surface area contributed by atoms with Gasteiger partial charge in [0, 0.05) is 32.8 Å². The fraction of sp³-hybridized carbons (Fsp3) is 0.947. The molecule has 0 aromatic heterocycles. The predicted molar refractivity (Wildman–Crippen MR) is 95.8 cm³/mol. The van der Waals surface area contributed by atoms with Crippen LogP contribution in [0.4, 0.5) is 0 Å². The molecule has 2 bridgehead atoms. The van der Waals surface area contributed by atoms with Gasteiger partial charge in [0.15, 0.2) is 5.96 Å². The lowest BCUT2D eigenvalue weighted by molar-refractivity contribution is 0.0263. The van der Waals surface area contributed by atoms with E-state index in [2.05, 4.69) is 24.1 Å². The number of fused-ring (bicyclic) bond motifs is 2. The van der Waals surface area contributed by atoms with E-state index in [0.29, 0.717) is 6.10 Å².